The van der Waals surface area contributed by atoms with Crippen LogP contribution in [0.5, 0.6) is 0 Å². The molecule has 2 aromatic rings. The predicted molar refractivity (Wildman–Crippen MR) is 109 cm³/mol. The van der Waals surface area contributed by atoms with Gasteiger partial charge in [0.15, 0.2) is 0 Å². The zero-order chi connectivity index (χ0) is 21.7. The third-order valence-electron chi connectivity index (χ3n) is 5.23. The SMILES string of the molecule is N[C@H](C(=O)N1CC[C@H](F)C1)[C@@H](C(=O)NCCO)c1ccc(-c2ccc(F)cc2)cc1. The van der Waals surface area contributed by atoms with Crippen molar-refractivity contribution in [2.24, 2.45) is 5.73 Å². The molecule has 2 aromatic carbocycles. The molecule has 6 nitrogen and oxygen atoms in total. The molecule has 8 heteroatoms. The number of carbonyl (C=O) groups is 2. The molecule has 1 aliphatic heterocycles. The van der Waals surface area contributed by atoms with Crippen molar-refractivity contribution < 1.29 is 23.5 Å². The Morgan fingerprint density at radius 2 is 1.73 bits per heavy atom. The summed E-state index contributed by atoms with van der Waals surface area (Å²) in [4.78, 5) is 26.8. The maximum Gasteiger partial charge on any atom is 0.240 e. The molecule has 30 heavy (non-hydrogen) atoms. The molecule has 0 bridgehead atoms. The first-order chi connectivity index (χ1) is 14.4. The van der Waals surface area contributed by atoms with Crippen molar-refractivity contribution in [3.8, 4) is 11.1 Å². The number of aliphatic hydroxyl groups excluding tert-OH is 1. The lowest BCUT2D eigenvalue weighted by Gasteiger charge is -2.27. The first-order valence-corrected chi connectivity index (χ1v) is 9.83. The van der Waals surface area contributed by atoms with Crippen LogP contribution in [-0.2, 0) is 9.59 Å². The van der Waals surface area contributed by atoms with Gasteiger partial charge in [-0.05, 0) is 35.2 Å². The number of amides is 2. The summed E-state index contributed by atoms with van der Waals surface area (Å²) in [5, 5.41) is 11.6. The van der Waals surface area contributed by atoms with Crippen molar-refractivity contribution >= 4 is 11.8 Å². The molecule has 1 saturated heterocycles. The van der Waals surface area contributed by atoms with E-state index in [0.717, 1.165) is 11.1 Å². The Bertz CT molecular complexity index is 874. The van der Waals surface area contributed by atoms with Crippen LogP contribution in [0.3, 0.4) is 0 Å². The molecule has 0 unspecified atom stereocenters. The van der Waals surface area contributed by atoms with Gasteiger partial charge in [0.25, 0.3) is 0 Å². The highest BCUT2D eigenvalue weighted by atomic mass is 19.1. The van der Waals surface area contributed by atoms with E-state index in [-0.39, 0.29) is 38.5 Å². The summed E-state index contributed by atoms with van der Waals surface area (Å²) in [6.07, 6.45) is -0.829. The summed E-state index contributed by atoms with van der Waals surface area (Å²) < 4.78 is 26.7. The number of halogens is 2. The fraction of sp³-hybridized carbons (Fsp3) is 0.364. The zero-order valence-corrected chi connectivity index (χ0v) is 16.4. The number of hydrogen-bond acceptors (Lipinski definition) is 4. The Balaban J connectivity index is 1.85. The topological polar surface area (TPSA) is 95.7 Å². The minimum absolute atomic E-state index is 0.0268. The number of nitrogens with two attached hydrogens (primary N) is 1. The van der Waals surface area contributed by atoms with Crippen molar-refractivity contribution in [3.05, 3.63) is 59.9 Å². The van der Waals surface area contributed by atoms with E-state index >= 15 is 0 Å². The van der Waals surface area contributed by atoms with Crippen molar-refractivity contribution in [1.82, 2.24) is 10.2 Å². The third kappa shape index (κ3) is 5.01. The van der Waals surface area contributed by atoms with Gasteiger partial charge >= 0.3 is 0 Å². The van der Waals surface area contributed by atoms with Crippen LogP contribution in [0.2, 0.25) is 0 Å². The fourth-order valence-electron chi connectivity index (χ4n) is 3.61. The number of carbonyl (C=O) groups excluding carboxylic acids is 2. The number of rotatable bonds is 7. The minimum atomic E-state index is -1.19. The Kier molecular flexibility index (Phi) is 7.12. The molecule has 3 atom stereocenters. The largest absolute Gasteiger partial charge is 0.395 e. The van der Waals surface area contributed by atoms with E-state index < -0.39 is 29.9 Å². The van der Waals surface area contributed by atoms with Gasteiger partial charge in [0, 0.05) is 13.1 Å². The molecule has 0 aromatic heterocycles. The maximum absolute atomic E-state index is 13.5. The highest BCUT2D eigenvalue weighted by Crippen LogP contribution is 2.26. The average molecular weight is 417 g/mol. The number of hydrogen-bond donors (Lipinski definition) is 3. The predicted octanol–water partition coefficient (Wildman–Crippen LogP) is 1.58. The Morgan fingerprint density at radius 1 is 1.13 bits per heavy atom. The molecule has 1 fully saturated rings. The molecule has 1 aliphatic rings. The normalized spacial score (nSPS) is 18.1. The number of likely N-dealkylation sites (tertiary alicyclic amines) is 1. The highest BCUT2D eigenvalue weighted by Gasteiger charge is 2.37. The second-order valence-electron chi connectivity index (χ2n) is 7.32. The standard InChI is InChI=1S/C22H25F2N3O3/c23-17-7-5-15(6-8-17)14-1-3-16(4-2-14)19(21(29)26-10-12-28)20(25)22(30)27-11-9-18(24)13-27/h1-8,18-20,28H,9-13,25H2,(H,26,29)/t18-,19-,20-/m0/s1. The van der Waals surface area contributed by atoms with Crippen molar-refractivity contribution in [2.75, 3.05) is 26.2 Å². The summed E-state index contributed by atoms with van der Waals surface area (Å²) in [5.74, 6) is -2.31. The van der Waals surface area contributed by atoms with E-state index in [1.165, 1.54) is 17.0 Å². The van der Waals surface area contributed by atoms with E-state index in [1.807, 2.05) is 0 Å². The molecule has 0 saturated carbocycles. The molecule has 3 rings (SSSR count). The van der Waals surface area contributed by atoms with Crippen LogP contribution in [0.4, 0.5) is 8.78 Å². The van der Waals surface area contributed by atoms with Crippen LogP contribution in [-0.4, -0.2) is 60.3 Å². The van der Waals surface area contributed by atoms with Crippen LogP contribution in [0, 0.1) is 5.82 Å². The van der Waals surface area contributed by atoms with Gasteiger partial charge in [0.05, 0.1) is 19.1 Å². The monoisotopic (exact) mass is 417 g/mol. The fourth-order valence-corrected chi connectivity index (χ4v) is 3.61. The average Bonchev–Trinajstić information content (AvgIpc) is 3.19. The lowest BCUT2D eigenvalue weighted by Crippen LogP contribution is -2.50. The zero-order valence-electron chi connectivity index (χ0n) is 16.4. The Hall–Kier alpha value is -2.84. The molecule has 2 amide bonds. The second kappa shape index (κ2) is 9.77. The Morgan fingerprint density at radius 3 is 2.27 bits per heavy atom. The van der Waals surface area contributed by atoms with Gasteiger partial charge in [-0.1, -0.05) is 36.4 Å². The van der Waals surface area contributed by atoms with Crippen molar-refractivity contribution in [2.45, 2.75) is 24.6 Å². The minimum Gasteiger partial charge on any atom is -0.395 e. The molecule has 0 spiro atoms. The first kappa shape index (κ1) is 21.9. The molecule has 0 aliphatic carbocycles. The summed E-state index contributed by atoms with van der Waals surface area (Å²) in [6.45, 7) is 0.0180. The van der Waals surface area contributed by atoms with Crippen LogP contribution < -0.4 is 11.1 Å². The Labute approximate surface area is 173 Å². The number of alkyl halides is 1. The molecule has 0 radical (unpaired) electrons. The van der Waals surface area contributed by atoms with E-state index in [4.69, 9.17) is 10.8 Å². The van der Waals surface area contributed by atoms with Gasteiger partial charge < -0.3 is 21.1 Å². The molecular formula is C22H25F2N3O3. The summed E-state index contributed by atoms with van der Waals surface area (Å²) in [6, 6.07) is 11.7. The third-order valence-corrected chi connectivity index (χ3v) is 5.23. The van der Waals surface area contributed by atoms with Gasteiger partial charge in [-0.3, -0.25) is 9.59 Å². The smallest absolute Gasteiger partial charge is 0.240 e. The number of benzene rings is 2. The summed E-state index contributed by atoms with van der Waals surface area (Å²) in [5.41, 5.74) is 8.31. The first-order valence-electron chi connectivity index (χ1n) is 9.83. The van der Waals surface area contributed by atoms with Gasteiger partial charge in [-0.25, -0.2) is 8.78 Å². The van der Waals surface area contributed by atoms with Crippen LogP contribution in [0.1, 0.15) is 17.9 Å². The number of aliphatic hydroxyl groups is 1. The van der Waals surface area contributed by atoms with Crippen molar-refractivity contribution in [3.63, 3.8) is 0 Å². The summed E-state index contributed by atoms with van der Waals surface area (Å²) >= 11 is 0. The molecule has 4 N–H and O–H groups in total. The van der Waals surface area contributed by atoms with Crippen LogP contribution in [0.15, 0.2) is 48.5 Å². The van der Waals surface area contributed by atoms with E-state index in [9.17, 15) is 18.4 Å². The van der Waals surface area contributed by atoms with Gasteiger partial charge in [0.2, 0.25) is 11.8 Å². The number of nitrogens with zero attached hydrogens (tertiary/aromatic N) is 1. The van der Waals surface area contributed by atoms with E-state index in [1.54, 1.807) is 36.4 Å². The van der Waals surface area contributed by atoms with Gasteiger partial charge in [0.1, 0.15) is 18.0 Å². The molecule has 1 heterocycles. The quantitative estimate of drug-likeness (QED) is 0.638. The summed E-state index contributed by atoms with van der Waals surface area (Å²) in [7, 11) is 0. The van der Waals surface area contributed by atoms with Gasteiger partial charge in [-0.15, -0.1) is 0 Å². The highest BCUT2D eigenvalue weighted by molar-refractivity contribution is 5.93. The maximum atomic E-state index is 13.5. The van der Waals surface area contributed by atoms with Crippen LogP contribution >= 0.6 is 0 Å². The lowest BCUT2D eigenvalue weighted by molar-refractivity contribution is -0.135. The molecule has 160 valence electrons. The van der Waals surface area contributed by atoms with E-state index in [0.29, 0.717) is 5.56 Å². The second-order valence-corrected chi connectivity index (χ2v) is 7.32. The van der Waals surface area contributed by atoms with Gasteiger partial charge in [-0.2, -0.15) is 0 Å². The van der Waals surface area contributed by atoms with Crippen LogP contribution in [0.25, 0.3) is 11.1 Å². The molecular weight excluding hydrogens is 392 g/mol. The lowest BCUT2D eigenvalue weighted by atomic mass is 9.89. The number of nitrogens with one attached hydrogen (secondary N) is 1. The van der Waals surface area contributed by atoms with Crippen molar-refractivity contribution in [1.29, 1.82) is 0 Å². The van der Waals surface area contributed by atoms with E-state index in [2.05, 4.69) is 5.32 Å².